The lowest BCUT2D eigenvalue weighted by Crippen LogP contribution is -2.17. The standard InChI is InChI=1S/C14H13N3O4/c1-7-3-9(4-10(8(7)2)14(20)21)17-13(19)11-5-16-12(18)6-15-11/h3-6H,1-2H3,(H,16,18)(H,17,19)(H,20,21). The maximum absolute atomic E-state index is 12.0. The number of nitrogens with one attached hydrogen (secondary N) is 2. The van der Waals surface area contributed by atoms with Gasteiger partial charge < -0.3 is 15.4 Å². The Morgan fingerprint density at radius 2 is 2.00 bits per heavy atom. The summed E-state index contributed by atoms with van der Waals surface area (Å²) in [6, 6.07) is 3.06. The average molecular weight is 287 g/mol. The summed E-state index contributed by atoms with van der Waals surface area (Å²) in [4.78, 5) is 40.0. The Hall–Kier alpha value is -2.96. The number of hydrogen-bond acceptors (Lipinski definition) is 4. The molecule has 7 nitrogen and oxygen atoms in total. The van der Waals surface area contributed by atoms with Crippen molar-refractivity contribution in [3.8, 4) is 0 Å². The summed E-state index contributed by atoms with van der Waals surface area (Å²) in [5.74, 6) is -1.60. The van der Waals surface area contributed by atoms with Crippen molar-refractivity contribution < 1.29 is 14.7 Å². The number of aryl methyl sites for hydroxylation is 1. The summed E-state index contributed by atoms with van der Waals surface area (Å²) in [7, 11) is 0. The minimum Gasteiger partial charge on any atom is -0.478 e. The Labute approximate surface area is 119 Å². The van der Waals surface area contributed by atoms with Crippen molar-refractivity contribution in [1.82, 2.24) is 9.97 Å². The third kappa shape index (κ3) is 3.14. The van der Waals surface area contributed by atoms with Crippen LogP contribution in [-0.4, -0.2) is 27.0 Å². The molecule has 0 aliphatic heterocycles. The molecule has 0 bridgehead atoms. The fraction of sp³-hybridized carbons (Fsp3) is 0.143. The molecule has 0 saturated heterocycles. The zero-order valence-electron chi connectivity index (χ0n) is 11.4. The highest BCUT2D eigenvalue weighted by Crippen LogP contribution is 2.20. The van der Waals surface area contributed by atoms with E-state index in [0.29, 0.717) is 11.3 Å². The minimum absolute atomic E-state index is 0.0321. The third-order valence-corrected chi connectivity index (χ3v) is 3.06. The molecule has 3 N–H and O–H groups in total. The van der Waals surface area contributed by atoms with E-state index in [-0.39, 0.29) is 11.3 Å². The van der Waals surface area contributed by atoms with Crippen molar-refractivity contribution in [3.05, 3.63) is 57.3 Å². The van der Waals surface area contributed by atoms with Crippen molar-refractivity contribution in [3.63, 3.8) is 0 Å². The van der Waals surface area contributed by atoms with Crippen LogP contribution >= 0.6 is 0 Å². The largest absolute Gasteiger partial charge is 0.478 e. The molecule has 0 spiro atoms. The van der Waals surface area contributed by atoms with Crippen LogP contribution in [0.25, 0.3) is 0 Å². The van der Waals surface area contributed by atoms with E-state index < -0.39 is 17.4 Å². The van der Waals surface area contributed by atoms with Gasteiger partial charge in [0.2, 0.25) is 0 Å². The quantitative estimate of drug-likeness (QED) is 0.788. The van der Waals surface area contributed by atoms with Gasteiger partial charge in [0, 0.05) is 11.9 Å². The number of nitrogens with zero attached hydrogens (tertiary/aromatic N) is 1. The molecular formula is C14H13N3O4. The molecule has 0 saturated carbocycles. The first-order valence-corrected chi connectivity index (χ1v) is 6.09. The highest BCUT2D eigenvalue weighted by Gasteiger charge is 2.13. The fourth-order valence-electron chi connectivity index (χ4n) is 1.82. The van der Waals surface area contributed by atoms with E-state index in [1.807, 2.05) is 0 Å². The predicted octanol–water partition coefficient (Wildman–Crippen LogP) is 1.34. The van der Waals surface area contributed by atoms with E-state index in [9.17, 15) is 14.4 Å². The van der Waals surface area contributed by atoms with Gasteiger partial charge in [0.05, 0.1) is 11.8 Å². The number of aromatic nitrogens is 2. The number of amides is 1. The zero-order chi connectivity index (χ0) is 15.6. The number of aromatic amines is 1. The molecule has 0 radical (unpaired) electrons. The first-order valence-electron chi connectivity index (χ1n) is 6.09. The predicted molar refractivity (Wildman–Crippen MR) is 75.7 cm³/mol. The Morgan fingerprint density at radius 1 is 1.29 bits per heavy atom. The van der Waals surface area contributed by atoms with Crippen LogP contribution in [0.4, 0.5) is 5.69 Å². The maximum Gasteiger partial charge on any atom is 0.336 e. The van der Waals surface area contributed by atoms with Crippen LogP contribution in [0.5, 0.6) is 0 Å². The van der Waals surface area contributed by atoms with Gasteiger partial charge in [-0.1, -0.05) is 0 Å². The van der Waals surface area contributed by atoms with Crippen LogP contribution in [-0.2, 0) is 0 Å². The van der Waals surface area contributed by atoms with Crippen LogP contribution in [0, 0.1) is 13.8 Å². The van der Waals surface area contributed by atoms with E-state index in [2.05, 4.69) is 15.3 Å². The van der Waals surface area contributed by atoms with Gasteiger partial charge in [0.15, 0.2) is 0 Å². The average Bonchev–Trinajstić information content (AvgIpc) is 2.43. The summed E-state index contributed by atoms with van der Waals surface area (Å²) in [5.41, 5.74) is 1.49. The lowest BCUT2D eigenvalue weighted by molar-refractivity contribution is 0.0695. The molecule has 1 aromatic heterocycles. The summed E-state index contributed by atoms with van der Waals surface area (Å²) in [5, 5.41) is 11.7. The number of hydrogen-bond donors (Lipinski definition) is 3. The van der Waals surface area contributed by atoms with Crippen LogP contribution in [0.15, 0.2) is 29.3 Å². The number of carboxylic acids is 1. The highest BCUT2D eigenvalue weighted by atomic mass is 16.4. The second kappa shape index (κ2) is 5.58. The SMILES string of the molecule is Cc1cc(NC(=O)c2c[nH]c(=O)cn2)cc(C(=O)O)c1C. The van der Waals surface area contributed by atoms with E-state index >= 15 is 0 Å². The molecular weight excluding hydrogens is 274 g/mol. The van der Waals surface area contributed by atoms with Gasteiger partial charge in [-0.05, 0) is 37.1 Å². The monoisotopic (exact) mass is 287 g/mol. The Kier molecular flexibility index (Phi) is 3.84. The molecule has 7 heteroatoms. The maximum atomic E-state index is 12.0. The number of benzene rings is 1. The first-order chi connectivity index (χ1) is 9.88. The van der Waals surface area contributed by atoms with Gasteiger partial charge in [-0.25, -0.2) is 9.78 Å². The molecule has 0 unspecified atom stereocenters. The van der Waals surface area contributed by atoms with Gasteiger partial charge >= 0.3 is 5.97 Å². The first kappa shape index (κ1) is 14.4. The number of H-pyrrole nitrogens is 1. The second-order valence-corrected chi connectivity index (χ2v) is 4.52. The van der Waals surface area contributed by atoms with Crippen molar-refractivity contribution in [2.24, 2.45) is 0 Å². The number of carboxylic acid groups (broad SMARTS) is 1. The molecule has 0 aliphatic rings. The van der Waals surface area contributed by atoms with Crippen molar-refractivity contribution in [1.29, 1.82) is 0 Å². The van der Waals surface area contributed by atoms with Crippen LogP contribution < -0.4 is 10.9 Å². The lowest BCUT2D eigenvalue weighted by Gasteiger charge is -2.10. The van der Waals surface area contributed by atoms with Gasteiger partial charge in [-0.2, -0.15) is 0 Å². The third-order valence-electron chi connectivity index (χ3n) is 3.06. The molecule has 2 rings (SSSR count). The summed E-state index contributed by atoms with van der Waals surface area (Å²) in [6.07, 6.45) is 2.19. The summed E-state index contributed by atoms with van der Waals surface area (Å²) >= 11 is 0. The molecule has 0 fully saturated rings. The Bertz CT molecular complexity index is 760. The molecule has 2 aromatic rings. The topological polar surface area (TPSA) is 112 Å². The van der Waals surface area contributed by atoms with Gasteiger partial charge in [0.25, 0.3) is 11.5 Å². The normalized spacial score (nSPS) is 10.2. The number of anilines is 1. The molecule has 21 heavy (non-hydrogen) atoms. The summed E-state index contributed by atoms with van der Waals surface area (Å²) in [6.45, 7) is 3.46. The van der Waals surface area contributed by atoms with Gasteiger partial charge in [0.1, 0.15) is 5.69 Å². The van der Waals surface area contributed by atoms with Gasteiger partial charge in [-0.15, -0.1) is 0 Å². The molecule has 108 valence electrons. The molecule has 0 atom stereocenters. The van der Waals surface area contributed by atoms with E-state index in [1.54, 1.807) is 19.9 Å². The lowest BCUT2D eigenvalue weighted by atomic mass is 10.0. The summed E-state index contributed by atoms with van der Waals surface area (Å²) < 4.78 is 0. The Balaban J connectivity index is 2.31. The highest BCUT2D eigenvalue weighted by molar-refractivity contribution is 6.03. The van der Waals surface area contributed by atoms with Crippen molar-refractivity contribution >= 4 is 17.6 Å². The van der Waals surface area contributed by atoms with E-state index in [0.717, 1.165) is 11.8 Å². The van der Waals surface area contributed by atoms with Gasteiger partial charge in [-0.3, -0.25) is 9.59 Å². The van der Waals surface area contributed by atoms with Crippen molar-refractivity contribution in [2.75, 3.05) is 5.32 Å². The number of carbonyl (C=O) groups is 2. The second-order valence-electron chi connectivity index (χ2n) is 4.52. The molecule has 1 aromatic carbocycles. The molecule has 1 heterocycles. The fourth-order valence-corrected chi connectivity index (χ4v) is 1.82. The van der Waals surface area contributed by atoms with Crippen LogP contribution in [0.1, 0.15) is 32.0 Å². The van der Waals surface area contributed by atoms with Crippen LogP contribution in [0.2, 0.25) is 0 Å². The van der Waals surface area contributed by atoms with E-state index in [4.69, 9.17) is 5.11 Å². The number of rotatable bonds is 3. The Morgan fingerprint density at radius 3 is 2.57 bits per heavy atom. The molecule has 1 amide bonds. The zero-order valence-corrected chi connectivity index (χ0v) is 11.4. The van der Waals surface area contributed by atoms with Crippen molar-refractivity contribution in [2.45, 2.75) is 13.8 Å². The van der Waals surface area contributed by atoms with E-state index in [1.165, 1.54) is 12.3 Å². The van der Waals surface area contributed by atoms with Crippen LogP contribution in [0.3, 0.4) is 0 Å². The smallest absolute Gasteiger partial charge is 0.336 e. The number of aromatic carboxylic acids is 1. The minimum atomic E-state index is -1.06. The molecule has 0 aliphatic carbocycles. The number of carbonyl (C=O) groups excluding carboxylic acids is 1.